The molecule has 2 nitrogen and oxygen atoms in total. The lowest BCUT2D eigenvalue weighted by Crippen LogP contribution is -2.12. The molecule has 0 N–H and O–H groups in total. The zero-order chi connectivity index (χ0) is 13.7. The Kier molecular flexibility index (Phi) is 5.99. The monoisotopic (exact) mass is 321 g/mol. The fourth-order valence-electron chi connectivity index (χ4n) is 1.82. The van der Waals surface area contributed by atoms with Gasteiger partial charge in [0.1, 0.15) is 16.0 Å². The molecule has 0 bridgehead atoms. The number of ether oxygens (including phenoxy) is 1. The number of hydrogen-bond donors (Lipinski definition) is 0. The van der Waals surface area contributed by atoms with Crippen LogP contribution in [0.4, 0.5) is 8.78 Å². The summed E-state index contributed by atoms with van der Waals surface area (Å²) in [5.74, 6) is 1.07. The van der Waals surface area contributed by atoms with Crippen LogP contribution < -0.4 is 4.74 Å². The highest BCUT2D eigenvalue weighted by Gasteiger charge is 2.17. The Morgan fingerprint density at radius 2 is 1.94 bits per heavy atom. The van der Waals surface area contributed by atoms with Crippen molar-refractivity contribution in [3.8, 4) is 5.75 Å². The molecule has 5 heteroatoms. The molecule has 1 rings (SSSR count). The van der Waals surface area contributed by atoms with E-state index in [1.807, 2.05) is 6.92 Å². The van der Waals surface area contributed by atoms with Crippen LogP contribution in [0.1, 0.15) is 39.3 Å². The third-order valence-electron chi connectivity index (χ3n) is 2.46. The highest BCUT2D eigenvalue weighted by Crippen LogP contribution is 2.29. The second-order valence-electron chi connectivity index (χ2n) is 4.86. The first-order valence-electron chi connectivity index (χ1n) is 5.97. The SMILES string of the molecule is CC(C)C[C@H](C)COc1ccc(Br)nc1C(F)F. The summed E-state index contributed by atoms with van der Waals surface area (Å²) in [7, 11) is 0. The zero-order valence-corrected chi connectivity index (χ0v) is 12.4. The van der Waals surface area contributed by atoms with Crippen molar-refractivity contribution in [3.63, 3.8) is 0 Å². The minimum atomic E-state index is -2.63. The van der Waals surface area contributed by atoms with E-state index in [2.05, 4.69) is 34.8 Å². The second-order valence-corrected chi connectivity index (χ2v) is 5.68. The highest BCUT2D eigenvalue weighted by atomic mass is 79.9. The van der Waals surface area contributed by atoms with Crippen molar-refractivity contribution in [3.05, 3.63) is 22.4 Å². The van der Waals surface area contributed by atoms with Gasteiger partial charge in [-0.25, -0.2) is 13.8 Å². The summed E-state index contributed by atoms with van der Waals surface area (Å²) in [6.45, 7) is 6.74. The van der Waals surface area contributed by atoms with Crippen molar-refractivity contribution in [1.82, 2.24) is 4.98 Å². The van der Waals surface area contributed by atoms with Crippen LogP contribution in [0.25, 0.3) is 0 Å². The van der Waals surface area contributed by atoms with E-state index in [0.29, 0.717) is 23.0 Å². The van der Waals surface area contributed by atoms with Crippen LogP contribution >= 0.6 is 15.9 Å². The van der Waals surface area contributed by atoms with E-state index in [0.717, 1.165) is 6.42 Å². The Morgan fingerprint density at radius 1 is 1.28 bits per heavy atom. The fourth-order valence-corrected chi connectivity index (χ4v) is 2.14. The molecule has 0 saturated heterocycles. The Labute approximate surface area is 115 Å². The predicted molar refractivity (Wildman–Crippen MR) is 71.0 cm³/mol. The third kappa shape index (κ3) is 4.88. The van der Waals surface area contributed by atoms with Crippen molar-refractivity contribution in [2.45, 2.75) is 33.6 Å². The summed E-state index contributed by atoms with van der Waals surface area (Å²) in [6.07, 6.45) is -1.62. The van der Waals surface area contributed by atoms with E-state index in [-0.39, 0.29) is 11.4 Å². The first-order chi connectivity index (χ1) is 8.40. The molecule has 1 aromatic heterocycles. The molecule has 0 aromatic carbocycles. The van der Waals surface area contributed by atoms with Crippen molar-refractivity contribution in [2.75, 3.05) is 6.61 Å². The van der Waals surface area contributed by atoms with E-state index < -0.39 is 6.43 Å². The number of halogens is 3. The van der Waals surface area contributed by atoms with Gasteiger partial charge in [-0.1, -0.05) is 20.8 Å². The summed E-state index contributed by atoms with van der Waals surface area (Å²) in [5, 5.41) is 0. The predicted octanol–water partition coefficient (Wildman–Crippen LogP) is 4.84. The number of rotatable bonds is 6. The molecule has 0 fully saturated rings. The Hall–Kier alpha value is -0.710. The average molecular weight is 322 g/mol. The van der Waals surface area contributed by atoms with Gasteiger partial charge in [-0.2, -0.15) is 0 Å². The van der Waals surface area contributed by atoms with Crippen LogP contribution in [0.3, 0.4) is 0 Å². The second kappa shape index (κ2) is 7.02. The van der Waals surface area contributed by atoms with Gasteiger partial charge in [-0.15, -0.1) is 0 Å². The van der Waals surface area contributed by atoms with Crippen LogP contribution in [0.15, 0.2) is 16.7 Å². The molecule has 0 saturated carbocycles. The molecule has 0 radical (unpaired) electrons. The van der Waals surface area contributed by atoms with Gasteiger partial charge in [0, 0.05) is 0 Å². The van der Waals surface area contributed by atoms with Crippen LogP contribution in [0.2, 0.25) is 0 Å². The zero-order valence-electron chi connectivity index (χ0n) is 10.8. The summed E-state index contributed by atoms with van der Waals surface area (Å²) in [4.78, 5) is 3.75. The number of nitrogens with zero attached hydrogens (tertiary/aromatic N) is 1. The van der Waals surface area contributed by atoms with Gasteiger partial charge in [-0.3, -0.25) is 0 Å². The lowest BCUT2D eigenvalue weighted by Gasteiger charge is -2.16. The molecule has 0 amide bonds. The highest BCUT2D eigenvalue weighted by molar-refractivity contribution is 9.10. The van der Waals surface area contributed by atoms with E-state index in [9.17, 15) is 8.78 Å². The Bertz CT molecular complexity index is 385. The summed E-state index contributed by atoms with van der Waals surface area (Å²) in [6, 6.07) is 3.13. The van der Waals surface area contributed by atoms with Crippen molar-refractivity contribution >= 4 is 15.9 Å². The van der Waals surface area contributed by atoms with Gasteiger partial charge in [0.25, 0.3) is 6.43 Å². The number of alkyl halides is 2. The normalized spacial score (nSPS) is 13.1. The molecule has 0 aliphatic rings. The van der Waals surface area contributed by atoms with Gasteiger partial charge in [0.05, 0.1) is 6.61 Å². The van der Waals surface area contributed by atoms with Gasteiger partial charge >= 0.3 is 0 Å². The van der Waals surface area contributed by atoms with Crippen molar-refractivity contribution in [2.24, 2.45) is 11.8 Å². The quantitative estimate of drug-likeness (QED) is 0.699. The van der Waals surface area contributed by atoms with E-state index in [1.165, 1.54) is 6.07 Å². The maximum absolute atomic E-state index is 12.8. The van der Waals surface area contributed by atoms with Crippen LogP contribution in [0.5, 0.6) is 5.75 Å². The smallest absolute Gasteiger partial charge is 0.284 e. The summed E-state index contributed by atoms with van der Waals surface area (Å²) in [5.41, 5.74) is -0.305. The van der Waals surface area contributed by atoms with Gasteiger partial charge in [0.2, 0.25) is 0 Å². The summed E-state index contributed by atoms with van der Waals surface area (Å²) < 4.78 is 31.4. The molecule has 0 aliphatic carbocycles. The van der Waals surface area contributed by atoms with Crippen LogP contribution in [0, 0.1) is 11.8 Å². The van der Waals surface area contributed by atoms with E-state index in [1.54, 1.807) is 6.07 Å². The molecule has 1 atom stereocenters. The molecule has 0 aliphatic heterocycles. The molecular weight excluding hydrogens is 304 g/mol. The Balaban J connectivity index is 2.67. The molecule has 1 heterocycles. The maximum atomic E-state index is 12.8. The number of hydrogen-bond acceptors (Lipinski definition) is 2. The van der Waals surface area contributed by atoms with E-state index >= 15 is 0 Å². The summed E-state index contributed by atoms with van der Waals surface area (Å²) >= 11 is 3.08. The minimum absolute atomic E-state index is 0.170. The number of aromatic nitrogens is 1. The topological polar surface area (TPSA) is 22.1 Å². The van der Waals surface area contributed by atoms with E-state index in [4.69, 9.17) is 4.74 Å². The molecule has 0 spiro atoms. The standard InChI is InChI=1S/C13H18BrF2NO/c1-8(2)6-9(3)7-18-10-4-5-11(14)17-12(10)13(15)16/h4-5,8-9,13H,6-7H2,1-3H3/t9-/m0/s1. The Morgan fingerprint density at radius 3 is 2.50 bits per heavy atom. The minimum Gasteiger partial charge on any atom is -0.491 e. The van der Waals surface area contributed by atoms with Gasteiger partial charge in [-0.05, 0) is 46.3 Å². The van der Waals surface area contributed by atoms with Crippen LogP contribution in [-0.4, -0.2) is 11.6 Å². The number of pyridine rings is 1. The first-order valence-corrected chi connectivity index (χ1v) is 6.76. The van der Waals surface area contributed by atoms with Gasteiger partial charge < -0.3 is 4.74 Å². The molecule has 1 aromatic rings. The van der Waals surface area contributed by atoms with Crippen molar-refractivity contribution < 1.29 is 13.5 Å². The maximum Gasteiger partial charge on any atom is 0.284 e. The molecule has 18 heavy (non-hydrogen) atoms. The first kappa shape index (κ1) is 15.3. The third-order valence-corrected chi connectivity index (χ3v) is 2.90. The average Bonchev–Trinajstić information content (AvgIpc) is 2.26. The largest absolute Gasteiger partial charge is 0.491 e. The van der Waals surface area contributed by atoms with Gasteiger partial charge in [0.15, 0.2) is 0 Å². The van der Waals surface area contributed by atoms with Crippen LogP contribution in [-0.2, 0) is 0 Å². The fraction of sp³-hybridized carbons (Fsp3) is 0.615. The molecule has 0 unspecified atom stereocenters. The molecular formula is C13H18BrF2NO. The lowest BCUT2D eigenvalue weighted by molar-refractivity contribution is 0.136. The molecule has 102 valence electrons. The van der Waals surface area contributed by atoms with Crippen molar-refractivity contribution in [1.29, 1.82) is 0 Å². The lowest BCUT2D eigenvalue weighted by atomic mass is 10.00.